The molecule has 0 unspecified atom stereocenters. The van der Waals surface area contributed by atoms with E-state index in [0.717, 1.165) is 17.7 Å². The third kappa shape index (κ3) is 4.47. The largest absolute Gasteiger partial charge is 0.395 e. The van der Waals surface area contributed by atoms with E-state index in [-0.39, 0.29) is 18.4 Å². The van der Waals surface area contributed by atoms with Crippen LogP contribution in [0.5, 0.6) is 0 Å². The van der Waals surface area contributed by atoms with Crippen molar-refractivity contribution in [1.29, 1.82) is 0 Å². The van der Waals surface area contributed by atoms with Gasteiger partial charge in [0.05, 0.1) is 17.7 Å². The zero-order valence-corrected chi connectivity index (χ0v) is 11.5. The van der Waals surface area contributed by atoms with E-state index in [1.54, 1.807) is 6.20 Å². The first-order valence-electron chi connectivity index (χ1n) is 6.07. The molecule has 0 aliphatic carbocycles. The topological polar surface area (TPSA) is 62.2 Å². The second kappa shape index (κ2) is 7.85. The van der Waals surface area contributed by atoms with Crippen LogP contribution in [0.4, 0.5) is 5.13 Å². The van der Waals surface area contributed by atoms with E-state index in [2.05, 4.69) is 22.1 Å². The number of nitrogens with zero attached hydrogens (tertiary/aromatic N) is 1. The third-order valence-electron chi connectivity index (χ3n) is 2.54. The summed E-state index contributed by atoms with van der Waals surface area (Å²) in [5, 5.41) is 12.0. The Bertz CT molecular complexity index is 441. The Morgan fingerprint density at radius 2 is 2.28 bits per heavy atom. The van der Waals surface area contributed by atoms with Crippen molar-refractivity contribution in [3.8, 4) is 11.8 Å². The van der Waals surface area contributed by atoms with Crippen LogP contribution < -0.4 is 5.32 Å². The molecule has 4 nitrogen and oxygen atoms in total. The van der Waals surface area contributed by atoms with E-state index in [0.29, 0.717) is 11.6 Å². The van der Waals surface area contributed by atoms with Crippen LogP contribution in [0.25, 0.3) is 0 Å². The fourth-order valence-electron chi connectivity index (χ4n) is 1.46. The Morgan fingerprint density at radius 1 is 1.56 bits per heavy atom. The van der Waals surface area contributed by atoms with Gasteiger partial charge in [-0.15, -0.1) is 0 Å². The van der Waals surface area contributed by atoms with Gasteiger partial charge in [0.15, 0.2) is 5.13 Å². The minimum Gasteiger partial charge on any atom is -0.395 e. The zero-order valence-electron chi connectivity index (χ0n) is 10.7. The smallest absolute Gasteiger partial charge is 0.229 e. The van der Waals surface area contributed by atoms with Crippen molar-refractivity contribution in [3.05, 3.63) is 11.1 Å². The second-order valence-electron chi connectivity index (χ2n) is 3.81. The lowest BCUT2D eigenvalue weighted by Crippen LogP contribution is -2.21. The Balaban J connectivity index is 2.59. The number of carbonyl (C=O) groups excluding carboxylic acids is 1. The highest BCUT2D eigenvalue weighted by Gasteiger charge is 2.15. The maximum atomic E-state index is 11.8. The normalized spacial score (nSPS) is 10.0. The number of carbonyl (C=O) groups is 1. The lowest BCUT2D eigenvalue weighted by molar-refractivity contribution is -0.120. The molecule has 0 spiro atoms. The van der Waals surface area contributed by atoms with E-state index in [9.17, 15) is 4.79 Å². The van der Waals surface area contributed by atoms with Crippen molar-refractivity contribution in [2.45, 2.75) is 33.1 Å². The van der Waals surface area contributed by atoms with Crippen molar-refractivity contribution in [2.24, 2.45) is 5.92 Å². The molecule has 18 heavy (non-hydrogen) atoms. The lowest BCUT2D eigenvalue weighted by atomic mass is 10.0. The molecule has 0 radical (unpaired) electrons. The van der Waals surface area contributed by atoms with Crippen LogP contribution >= 0.6 is 11.3 Å². The molecule has 0 saturated carbocycles. The maximum absolute atomic E-state index is 11.8. The van der Waals surface area contributed by atoms with E-state index < -0.39 is 0 Å². The molecule has 1 aromatic rings. The zero-order chi connectivity index (χ0) is 13.4. The molecule has 98 valence electrons. The van der Waals surface area contributed by atoms with Gasteiger partial charge in [-0.3, -0.25) is 4.79 Å². The van der Waals surface area contributed by atoms with Crippen LogP contribution in [-0.2, 0) is 4.79 Å². The summed E-state index contributed by atoms with van der Waals surface area (Å²) in [6, 6.07) is 0. The summed E-state index contributed by atoms with van der Waals surface area (Å²) in [5.74, 6) is 5.77. The molecule has 0 saturated heterocycles. The van der Waals surface area contributed by atoms with Crippen LogP contribution in [-0.4, -0.2) is 22.6 Å². The standard InChI is InChI=1S/C13H18N2O2S/c1-3-10(4-2)12(17)15-13-14-9-11(18-13)7-5-6-8-16/h9-10,16H,3-4,6,8H2,1-2H3,(H,14,15,17). The molecule has 5 heteroatoms. The molecule has 1 aromatic heterocycles. The molecule has 0 atom stereocenters. The molecule has 0 aliphatic rings. The number of anilines is 1. The molecule has 1 rings (SSSR count). The lowest BCUT2D eigenvalue weighted by Gasteiger charge is -2.10. The van der Waals surface area contributed by atoms with Gasteiger partial charge in [-0.2, -0.15) is 0 Å². The fourth-order valence-corrected chi connectivity index (χ4v) is 2.16. The minimum absolute atomic E-state index is 0.0178. The number of aliphatic hydroxyl groups is 1. The van der Waals surface area contributed by atoms with Crippen molar-refractivity contribution in [3.63, 3.8) is 0 Å². The fraction of sp³-hybridized carbons (Fsp3) is 0.538. The van der Waals surface area contributed by atoms with Crippen molar-refractivity contribution >= 4 is 22.4 Å². The summed E-state index contributed by atoms with van der Waals surface area (Å²) >= 11 is 1.35. The quantitative estimate of drug-likeness (QED) is 0.804. The van der Waals surface area contributed by atoms with Gasteiger partial charge in [-0.1, -0.05) is 37.0 Å². The van der Waals surface area contributed by atoms with Gasteiger partial charge in [0.2, 0.25) is 5.91 Å². The first-order chi connectivity index (χ1) is 8.71. The van der Waals surface area contributed by atoms with Gasteiger partial charge in [-0.05, 0) is 12.8 Å². The SMILES string of the molecule is CCC(CC)C(=O)Nc1ncc(C#CCCO)s1. The maximum Gasteiger partial charge on any atom is 0.229 e. The van der Waals surface area contributed by atoms with Crippen LogP contribution in [0, 0.1) is 17.8 Å². The second-order valence-corrected chi connectivity index (χ2v) is 4.84. The molecular formula is C13H18N2O2S. The molecule has 1 heterocycles. The first kappa shape index (κ1) is 14.7. The van der Waals surface area contributed by atoms with Crippen LogP contribution in [0.1, 0.15) is 38.0 Å². The highest BCUT2D eigenvalue weighted by atomic mass is 32.1. The Hall–Kier alpha value is -1.38. The number of amides is 1. The molecular weight excluding hydrogens is 248 g/mol. The Labute approximate surface area is 111 Å². The Morgan fingerprint density at radius 3 is 2.89 bits per heavy atom. The van der Waals surface area contributed by atoms with Gasteiger partial charge in [0.25, 0.3) is 0 Å². The predicted octanol–water partition coefficient (Wildman–Crippen LogP) is 2.25. The van der Waals surface area contributed by atoms with Gasteiger partial charge in [0, 0.05) is 12.3 Å². The predicted molar refractivity (Wildman–Crippen MR) is 73.4 cm³/mol. The summed E-state index contributed by atoms with van der Waals surface area (Å²) < 4.78 is 0. The number of thiazole rings is 1. The number of rotatable bonds is 5. The summed E-state index contributed by atoms with van der Waals surface area (Å²) in [7, 11) is 0. The Kier molecular flexibility index (Phi) is 6.40. The summed E-state index contributed by atoms with van der Waals surface area (Å²) in [4.78, 5) is 16.7. The highest BCUT2D eigenvalue weighted by Crippen LogP contribution is 2.19. The summed E-state index contributed by atoms with van der Waals surface area (Å²) in [6.07, 6.45) is 3.75. The average molecular weight is 266 g/mol. The minimum atomic E-state index is 0.0178. The number of hydrogen-bond donors (Lipinski definition) is 2. The summed E-state index contributed by atoms with van der Waals surface area (Å²) in [6.45, 7) is 4.06. The van der Waals surface area contributed by atoms with E-state index >= 15 is 0 Å². The summed E-state index contributed by atoms with van der Waals surface area (Å²) in [5.41, 5.74) is 0. The highest BCUT2D eigenvalue weighted by molar-refractivity contribution is 7.16. The third-order valence-corrected chi connectivity index (χ3v) is 3.37. The molecule has 0 fully saturated rings. The molecule has 0 bridgehead atoms. The van der Waals surface area contributed by atoms with Crippen molar-refractivity contribution in [1.82, 2.24) is 4.98 Å². The van der Waals surface area contributed by atoms with Gasteiger partial charge in [-0.25, -0.2) is 4.98 Å². The number of aromatic nitrogens is 1. The average Bonchev–Trinajstić information content (AvgIpc) is 2.79. The van der Waals surface area contributed by atoms with E-state index in [1.165, 1.54) is 11.3 Å². The molecule has 2 N–H and O–H groups in total. The molecule has 0 aromatic carbocycles. The number of hydrogen-bond acceptors (Lipinski definition) is 4. The first-order valence-corrected chi connectivity index (χ1v) is 6.89. The van der Waals surface area contributed by atoms with Gasteiger partial charge >= 0.3 is 0 Å². The van der Waals surface area contributed by atoms with Crippen LogP contribution in [0.2, 0.25) is 0 Å². The van der Waals surface area contributed by atoms with E-state index in [4.69, 9.17) is 5.11 Å². The van der Waals surface area contributed by atoms with Gasteiger partial charge < -0.3 is 10.4 Å². The van der Waals surface area contributed by atoms with Crippen LogP contribution in [0.3, 0.4) is 0 Å². The monoisotopic (exact) mass is 266 g/mol. The number of aliphatic hydroxyl groups excluding tert-OH is 1. The van der Waals surface area contributed by atoms with E-state index in [1.807, 2.05) is 13.8 Å². The molecule has 1 amide bonds. The van der Waals surface area contributed by atoms with Crippen molar-refractivity contribution in [2.75, 3.05) is 11.9 Å². The van der Waals surface area contributed by atoms with Crippen LogP contribution in [0.15, 0.2) is 6.20 Å². The number of nitrogens with one attached hydrogen (secondary N) is 1. The van der Waals surface area contributed by atoms with Gasteiger partial charge in [0.1, 0.15) is 0 Å². The van der Waals surface area contributed by atoms with Crippen molar-refractivity contribution < 1.29 is 9.90 Å². The molecule has 0 aliphatic heterocycles.